The van der Waals surface area contributed by atoms with E-state index in [1.54, 1.807) is 0 Å². The van der Waals surface area contributed by atoms with E-state index in [0.29, 0.717) is 11.3 Å². The second-order valence-electron chi connectivity index (χ2n) is 5.47. The van der Waals surface area contributed by atoms with Gasteiger partial charge in [0.1, 0.15) is 0 Å². The van der Waals surface area contributed by atoms with Crippen LogP contribution in [0.4, 0.5) is 0 Å². The van der Waals surface area contributed by atoms with Crippen LogP contribution in [0.15, 0.2) is 0 Å². The fourth-order valence-electron chi connectivity index (χ4n) is 2.82. The molecule has 1 aliphatic carbocycles. The molecule has 2 aliphatic rings. The Hall–Kier alpha value is 0.300. The normalized spacial score (nSPS) is 27.9. The minimum atomic E-state index is 0.274. The SMILES string of the molecule is O=C(NCC1(CBr)CCCCC1)C1CCSC1. The summed E-state index contributed by atoms with van der Waals surface area (Å²) in [5.41, 5.74) is 0.333. The van der Waals surface area contributed by atoms with Crippen LogP contribution in [0.3, 0.4) is 0 Å². The molecule has 1 saturated carbocycles. The van der Waals surface area contributed by atoms with Gasteiger partial charge in [0.15, 0.2) is 0 Å². The summed E-state index contributed by atoms with van der Waals surface area (Å²) in [5, 5.41) is 4.23. The van der Waals surface area contributed by atoms with Crippen LogP contribution in [-0.4, -0.2) is 29.3 Å². The van der Waals surface area contributed by atoms with Crippen molar-refractivity contribution in [1.29, 1.82) is 0 Å². The van der Waals surface area contributed by atoms with E-state index < -0.39 is 0 Å². The first-order valence-electron chi connectivity index (χ1n) is 6.67. The summed E-state index contributed by atoms with van der Waals surface area (Å²) in [6.45, 7) is 0.873. The molecule has 0 aromatic carbocycles. The zero-order valence-electron chi connectivity index (χ0n) is 10.3. The van der Waals surface area contributed by atoms with Crippen LogP contribution >= 0.6 is 27.7 Å². The van der Waals surface area contributed by atoms with Gasteiger partial charge in [-0.1, -0.05) is 35.2 Å². The van der Waals surface area contributed by atoms with Crippen molar-refractivity contribution in [3.05, 3.63) is 0 Å². The Morgan fingerprint density at radius 2 is 2.12 bits per heavy atom. The zero-order chi connectivity index (χ0) is 12.1. The van der Waals surface area contributed by atoms with Gasteiger partial charge in [-0.2, -0.15) is 11.8 Å². The number of thioether (sulfide) groups is 1. The summed E-state index contributed by atoms with van der Waals surface area (Å²) in [6.07, 6.45) is 7.59. The minimum absolute atomic E-state index is 0.274. The van der Waals surface area contributed by atoms with Crippen LogP contribution in [0.1, 0.15) is 38.5 Å². The molecule has 0 spiro atoms. The Kier molecular flexibility index (Phi) is 5.22. The highest BCUT2D eigenvalue weighted by Gasteiger charge is 2.32. The van der Waals surface area contributed by atoms with Crippen LogP contribution < -0.4 is 5.32 Å². The van der Waals surface area contributed by atoms with Gasteiger partial charge in [-0.25, -0.2) is 0 Å². The second kappa shape index (κ2) is 6.46. The average molecular weight is 320 g/mol. The molecule has 1 amide bonds. The third-order valence-electron chi connectivity index (χ3n) is 4.14. The van der Waals surface area contributed by atoms with Gasteiger partial charge in [-0.15, -0.1) is 0 Å². The Labute approximate surface area is 117 Å². The first kappa shape index (κ1) is 13.7. The number of hydrogen-bond acceptors (Lipinski definition) is 2. The molecule has 4 heteroatoms. The van der Waals surface area contributed by atoms with Crippen molar-refractivity contribution in [2.75, 3.05) is 23.4 Å². The lowest BCUT2D eigenvalue weighted by Crippen LogP contribution is -2.42. The number of alkyl halides is 1. The molecule has 17 heavy (non-hydrogen) atoms. The van der Waals surface area contributed by atoms with Crippen molar-refractivity contribution in [1.82, 2.24) is 5.32 Å². The van der Waals surface area contributed by atoms with E-state index in [9.17, 15) is 4.79 Å². The number of carbonyl (C=O) groups is 1. The molecule has 0 aromatic heterocycles. The van der Waals surface area contributed by atoms with Crippen molar-refractivity contribution >= 4 is 33.6 Å². The topological polar surface area (TPSA) is 29.1 Å². The zero-order valence-corrected chi connectivity index (χ0v) is 12.7. The highest BCUT2D eigenvalue weighted by Crippen LogP contribution is 2.37. The number of carbonyl (C=O) groups excluding carboxylic acids is 1. The molecular formula is C13H22BrNOS. The van der Waals surface area contributed by atoms with E-state index in [0.717, 1.165) is 29.8 Å². The van der Waals surface area contributed by atoms with Crippen molar-refractivity contribution in [3.63, 3.8) is 0 Å². The Morgan fingerprint density at radius 1 is 1.35 bits per heavy atom. The molecule has 1 saturated heterocycles. The van der Waals surface area contributed by atoms with Crippen molar-refractivity contribution in [3.8, 4) is 0 Å². The lowest BCUT2D eigenvalue weighted by Gasteiger charge is -2.36. The third-order valence-corrected chi connectivity index (χ3v) is 6.49. The largest absolute Gasteiger partial charge is 0.355 e. The maximum Gasteiger partial charge on any atom is 0.223 e. The summed E-state index contributed by atoms with van der Waals surface area (Å²) in [7, 11) is 0. The van der Waals surface area contributed by atoms with Gasteiger partial charge < -0.3 is 5.32 Å². The highest BCUT2D eigenvalue weighted by atomic mass is 79.9. The number of rotatable bonds is 4. The van der Waals surface area contributed by atoms with E-state index in [2.05, 4.69) is 21.2 Å². The lowest BCUT2D eigenvalue weighted by molar-refractivity contribution is -0.124. The first-order chi connectivity index (χ1) is 8.26. The monoisotopic (exact) mass is 319 g/mol. The standard InChI is InChI=1S/C13H22BrNOS/c14-9-13(5-2-1-3-6-13)10-15-12(16)11-4-7-17-8-11/h11H,1-10H2,(H,15,16). The van der Waals surface area contributed by atoms with Gasteiger partial charge in [0, 0.05) is 23.5 Å². The van der Waals surface area contributed by atoms with E-state index >= 15 is 0 Å². The molecule has 1 atom stereocenters. The van der Waals surface area contributed by atoms with Crippen LogP contribution in [0.5, 0.6) is 0 Å². The molecule has 2 nitrogen and oxygen atoms in total. The van der Waals surface area contributed by atoms with Gasteiger partial charge in [0.25, 0.3) is 0 Å². The average Bonchev–Trinajstić information content (AvgIpc) is 2.91. The first-order valence-corrected chi connectivity index (χ1v) is 8.95. The molecule has 1 heterocycles. The summed E-state index contributed by atoms with van der Waals surface area (Å²) in [5.74, 6) is 2.74. The summed E-state index contributed by atoms with van der Waals surface area (Å²) in [4.78, 5) is 12.0. The van der Waals surface area contributed by atoms with Crippen molar-refractivity contribution in [2.45, 2.75) is 38.5 Å². The predicted octanol–water partition coefficient (Wildman–Crippen LogP) is 3.20. The molecule has 98 valence electrons. The van der Waals surface area contributed by atoms with Crippen LogP contribution in [0.25, 0.3) is 0 Å². The molecule has 1 N–H and O–H groups in total. The van der Waals surface area contributed by atoms with Crippen LogP contribution in [-0.2, 0) is 4.79 Å². The maximum atomic E-state index is 12.0. The molecule has 0 aromatic rings. The van der Waals surface area contributed by atoms with Gasteiger partial charge in [0.05, 0.1) is 0 Å². The fourth-order valence-corrected chi connectivity index (χ4v) is 4.80. The molecule has 0 bridgehead atoms. The lowest BCUT2D eigenvalue weighted by atomic mass is 9.75. The Morgan fingerprint density at radius 3 is 2.71 bits per heavy atom. The number of amides is 1. The van der Waals surface area contributed by atoms with Crippen LogP contribution in [0.2, 0.25) is 0 Å². The summed E-state index contributed by atoms with van der Waals surface area (Å²) < 4.78 is 0. The fraction of sp³-hybridized carbons (Fsp3) is 0.923. The number of nitrogens with one attached hydrogen (secondary N) is 1. The van der Waals surface area contributed by atoms with Gasteiger partial charge >= 0.3 is 0 Å². The third kappa shape index (κ3) is 3.63. The predicted molar refractivity (Wildman–Crippen MR) is 77.8 cm³/mol. The Bertz CT molecular complexity index is 260. The van der Waals surface area contributed by atoms with Crippen LogP contribution in [0, 0.1) is 11.3 Å². The molecule has 1 unspecified atom stereocenters. The van der Waals surface area contributed by atoms with E-state index in [-0.39, 0.29) is 5.92 Å². The summed E-state index contributed by atoms with van der Waals surface area (Å²) >= 11 is 5.55. The van der Waals surface area contributed by atoms with Crippen molar-refractivity contribution < 1.29 is 4.79 Å². The molecule has 1 aliphatic heterocycles. The van der Waals surface area contributed by atoms with Gasteiger partial charge in [-0.05, 0) is 30.4 Å². The molecular weight excluding hydrogens is 298 g/mol. The molecule has 2 rings (SSSR count). The van der Waals surface area contributed by atoms with Gasteiger partial charge in [0.2, 0.25) is 5.91 Å². The van der Waals surface area contributed by atoms with E-state index in [4.69, 9.17) is 0 Å². The van der Waals surface area contributed by atoms with Gasteiger partial charge in [-0.3, -0.25) is 4.79 Å². The molecule has 0 radical (unpaired) electrons. The Balaban J connectivity index is 1.80. The second-order valence-corrected chi connectivity index (χ2v) is 7.18. The smallest absolute Gasteiger partial charge is 0.223 e. The highest BCUT2D eigenvalue weighted by molar-refractivity contribution is 9.09. The number of hydrogen-bond donors (Lipinski definition) is 1. The quantitative estimate of drug-likeness (QED) is 0.806. The maximum absolute atomic E-state index is 12.0. The van der Waals surface area contributed by atoms with E-state index in [1.807, 2.05) is 11.8 Å². The number of halogens is 1. The van der Waals surface area contributed by atoms with E-state index in [1.165, 1.54) is 32.1 Å². The summed E-state index contributed by atoms with van der Waals surface area (Å²) in [6, 6.07) is 0. The minimum Gasteiger partial charge on any atom is -0.355 e. The molecule has 2 fully saturated rings. The van der Waals surface area contributed by atoms with Crippen molar-refractivity contribution in [2.24, 2.45) is 11.3 Å².